The van der Waals surface area contributed by atoms with Crippen LogP contribution in [0.1, 0.15) is 48.6 Å². The minimum Gasteiger partial charge on any atom is -0.331 e. The molecule has 314 valence electrons. The van der Waals surface area contributed by atoms with E-state index < -0.39 is 0 Å². The van der Waals surface area contributed by atoms with Gasteiger partial charge in [-0.25, -0.2) is 15.0 Å². The fourth-order valence-electron chi connectivity index (χ4n) is 11.1. The molecule has 1 aliphatic heterocycles. The molecule has 0 saturated carbocycles. The molecule has 3 atom stereocenters. The molecule has 5 heteroatoms. The highest BCUT2D eigenvalue weighted by Crippen LogP contribution is 2.54. The quantitative estimate of drug-likeness (QED) is 0.167. The second-order valence-electron chi connectivity index (χ2n) is 18.3. The lowest BCUT2D eigenvalue weighted by Gasteiger charge is -2.39. The average Bonchev–Trinajstić information content (AvgIpc) is 3.89. The molecule has 3 aromatic heterocycles. The molecule has 0 N–H and O–H groups in total. The zero-order valence-corrected chi connectivity index (χ0v) is 37.5. The molecule has 10 aromatic rings. The number of anilines is 2. The second kappa shape index (κ2) is 14.9. The van der Waals surface area contributed by atoms with Crippen molar-refractivity contribution in [2.45, 2.75) is 37.1 Å². The third-order valence-corrected chi connectivity index (χ3v) is 15.6. The van der Waals surface area contributed by atoms with Crippen molar-refractivity contribution >= 4 is 59.7 Å². The zero-order chi connectivity index (χ0) is 44.0. The molecule has 0 bridgehead atoms. The Morgan fingerprint density at radius 1 is 0.621 bits per heavy atom. The van der Waals surface area contributed by atoms with E-state index in [1.54, 1.807) is 0 Å². The fraction of sp³-hybridized carbons (Fsp3) is 0.0984. The van der Waals surface area contributed by atoms with Gasteiger partial charge >= 0.3 is 0 Å². The van der Waals surface area contributed by atoms with Crippen LogP contribution in [0.15, 0.2) is 206 Å². The van der Waals surface area contributed by atoms with Gasteiger partial charge in [-0.2, -0.15) is 0 Å². The lowest BCUT2D eigenvalue weighted by Crippen LogP contribution is -2.41. The summed E-state index contributed by atoms with van der Waals surface area (Å²) in [6.45, 7) is 4.74. The summed E-state index contributed by atoms with van der Waals surface area (Å²) < 4.78 is 2.52. The third-order valence-electron chi connectivity index (χ3n) is 14.4. The average molecular weight is 865 g/mol. The molecule has 0 radical (unpaired) electrons. The number of allylic oxidation sites excluding steroid dienone is 3. The van der Waals surface area contributed by atoms with Crippen LogP contribution in [0.2, 0.25) is 0 Å². The van der Waals surface area contributed by atoms with Crippen LogP contribution in [0, 0.1) is 0 Å². The van der Waals surface area contributed by atoms with Crippen LogP contribution in [0.3, 0.4) is 0 Å². The first-order valence-electron chi connectivity index (χ1n) is 22.9. The van der Waals surface area contributed by atoms with Crippen molar-refractivity contribution in [3.63, 3.8) is 0 Å². The van der Waals surface area contributed by atoms with E-state index in [4.69, 9.17) is 15.0 Å². The van der Waals surface area contributed by atoms with Gasteiger partial charge in [0, 0.05) is 60.4 Å². The molecule has 0 amide bonds. The van der Waals surface area contributed by atoms with Gasteiger partial charge in [0.1, 0.15) is 0 Å². The number of pyridine rings is 1. The normalized spacial score (nSPS) is 19.4. The number of thiophene rings is 1. The summed E-state index contributed by atoms with van der Waals surface area (Å²) in [5.74, 6) is 0.989. The molecule has 4 nitrogen and oxygen atoms in total. The number of para-hydroxylation sites is 1. The van der Waals surface area contributed by atoms with E-state index in [9.17, 15) is 0 Å². The van der Waals surface area contributed by atoms with Gasteiger partial charge in [0.15, 0.2) is 5.82 Å². The van der Waals surface area contributed by atoms with E-state index in [1.165, 1.54) is 58.9 Å². The second-order valence-corrected chi connectivity index (χ2v) is 19.3. The Morgan fingerprint density at radius 3 is 2.15 bits per heavy atom. The number of aromatic nitrogens is 3. The number of fused-ring (bicyclic) bond motifs is 9. The monoisotopic (exact) mass is 864 g/mol. The molecule has 0 fully saturated rings. The molecule has 7 aromatic carbocycles. The van der Waals surface area contributed by atoms with Crippen molar-refractivity contribution in [1.29, 1.82) is 0 Å². The van der Waals surface area contributed by atoms with Crippen molar-refractivity contribution < 1.29 is 0 Å². The summed E-state index contributed by atoms with van der Waals surface area (Å²) in [6.07, 6.45) is 14.5. The Kier molecular flexibility index (Phi) is 8.75. The molecular weight excluding hydrogens is 821 g/mol. The van der Waals surface area contributed by atoms with Crippen LogP contribution in [-0.2, 0) is 5.41 Å². The van der Waals surface area contributed by atoms with Crippen LogP contribution in [0.4, 0.5) is 11.4 Å². The molecule has 3 aliphatic rings. The Balaban J connectivity index is 0.902. The SMILES string of the molecule is CC1(c2ccc(-c3nc(-c4ccccc4)cc(-c4ccc(N5c6ccccc6C6C=CC=CC65C)cc4)n3)cc2)CC=Cc2nc(-c3cccc4ccccc34)c3sc4ccccc4c3c21. The molecule has 3 unspecified atom stereocenters. The van der Waals surface area contributed by atoms with E-state index in [0.29, 0.717) is 5.82 Å². The van der Waals surface area contributed by atoms with E-state index in [-0.39, 0.29) is 16.9 Å². The summed E-state index contributed by atoms with van der Waals surface area (Å²) in [6, 6.07) is 63.4. The largest absolute Gasteiger partial charge is 0.331 e. The maximum absolute atomic E-state index is 5.57. The van der Waals surface area contributed by atoms with E-state index in [2.05, 4.69) is 231 Å². The van der Waals surface area contributed by atoms with E-state index >= 15 is 0 Å². The first kappa shape index (κ1) is 38.7. The Hall–Kier alpha value is -7.73. The summed E-state index contributed by atoms with van der Waals surface area (Å²) in [7, 11) is 0. The van der Waals surface area contributed by atoms with E-state index in [1.807, 2.05) is 11.3 Å². The number of nitrogens with zero attached hydrogens (tertiary/aromatic N) is 4. The van der Waals surface area contributed by atoms with Gasteiger partial charge in [-0.15, -0.1) is 11.3 Å². The van der Waals surface area contributed by atoms with Crippen LogP contribution in [0.25, 0.3) is 82.2 Å². The van der Waals surface area contributed by atoms with Gasteiger partial charge in [-0.3, -0.25) is 0 Å². The predicted octanol–water partition coefficient (Wildman–Crippen LogP) is 15.9. The van der Waals surface area contributed by atoms with Gasteiger partial charge in [-0.05, 0) is 77.2 Å². The fourth-order valence-corrected chi connectivity index (χ4v) is 12.3. The predicted molar refractivity (Wildman–Crippen MR) is 277 cm³/mol. The van der Waals surface area contributed by atoms with Crippen molar-refractivity contribution in [2.75, 3.05) is 4.90 Å². The summed E-state index contributed by atoms with van der Waals surface area (Å²) in [5, 5.41) is 5.04. The van der Waals surface area contributed by atoms with Crippen molar-refractivity contribution in [3.8, 4) is 45.2 Å². The smallest absolute Gasteiger partial charge is 0.160 e. The molecule has 0 saturated heterocycles. The number of benzene rings is 7. The summed E-state index contributed by atoms with van der Waals surface area (Å²) >= 11 is 1.86. The van der Waals surface area contributed by atoms with E-state index in [0.717, 1.165) is 51.6 Å². The van der Waals surface area contributed by atoms with Crippen molar-refractivity contribution in [3.05, 3.63) is 229 Å². The Morgan fingerprint density at radius 2 is 1.32 bits per heavy atom. The number of hydrogen-bond acceptors (Lipinski definition) is 5. The lowest BCUT2D eigenvalue weighted by atomic mass is 9.69. The first-order valence-corrected chi connectivity index (χ1v) is 23.7. The van der Waals surface area contributed by atoms with Crippen molar-refractivity contribution in [2.24, 2.45) is 0 Å². The molecule has 66 heavy (non-hydrogen) atoms. The first-order chi connectivity index (χ1) is 32.4. The molecule has 0 spiro atoms. The number of hydrogen-bond donors (Lipinski definition) is 0. The van der Waals surface area contributed by atoms with Crippen molar-refractivity contribution in [1.82, 2.24) is 15.0 Å². The van der Waals surface area contributed by atoms with Crippen LogP contribution < -0.4 is 4.90 Å². The zero-order valence-electron chi connectivity index (χ0n) is 36.7. The minimum absolute atomic E-state index is 0.192. The molecule has 4 heterocycles. The molecule has 2 aliphatic carbocycles. The third kappa shape index (κ3) is 5.93. The van der Waals surface area contributed by atoms with Crippen LogP contribution in [-0.4, -0.2) is 20.5 Å². The molecule has 13 rings (SSSR count). The highest BCUT2D eigenvalue weighted by Gasteiger charge is 2.46. The highest BCUT2D eigenvalue weighted by molar-refractivity contribution is 7.26. The summed E-state index contributed by atoms with van der Waals surface area (Å²) in [4.78, 5) is 18.6. The standard InChI is InChI=1S/C61H44N4S/c1-60(36-15-25-50-56(60)55-48-22-9-11-27-54(48)66-58(55)57(62-50)46-23-14-19-39-16-6-7-20-45(39)46)43-32-28-42(29-33-43)59-63-51(40-17-4-3-5-18-40)38-52(64-59)41-30-34-44(35-31-41)65-53-26-10-8-21-47(53)49-24-12-13-37-61(49,65)2/h3-35,37-38,49H,36H2,1-2H3. The van der Waals surface area contributed by atoms with Gasteiger partial charge in [0.05, 0.1) is 33.0 Å². The number of rotatable bonds is 6. The summed E-state index contributed by atoms with van der Waals surface area (Å²) in [5.41, 5.74) is 13.9. The van der Waals surface area contributed by atoms with Gasteiger partial charge in [0.25, 0.3) is 0 Å². The maximum Gasteiger partial charge on any atom is 0.160 e. The highest BCUT2D eigenvalue weighted by atomic mass is 32.1. The van der Waals surface area contributed by atoms with Gasteiger partial charge < -0.3 is 4.90 Å². The van der Waals surface area contributed by atoms with Gasteiger partial charge in [0.2, 0.25) is 0 Å². The minimum atomic E-state index is -0.328. The van der Waals surface area contributed by atoms with Crippen LogP contribution >= 0.6 is 11.3 Å². The lowest BCUT2D eigenvalue weighted by molar-refractivity contribution is 0.542. The maximum atomic E-state index is 5.57. The van der Waals surface area contributed by atoms with Crippen LogP contribution in [0.5, 0.6) is 0 Å². The molecular formula is C61H44N4S. The Bertz CT molecular complexity index is 3650. The topological polar surface area (TPSA) is 41.9 Å². The Labute approximate surface area is 388 Å². The van der Waals surface area contributed by atoms with Gasteiger partial charge in [-0.1, -0.05) is 183 Å².